The van der Waals surface area contributed by atoms with Gasteiger partial charge < -0.3 is 13.9 Å². The van der Waals surface area contributed by atoms with Crippen molar-refractivity contribution in [3.63, 3.8) is 0 Å². The molecule has 71 heavy (non-hydrogen) atoms. The van der Waals surface area contributed by atoms with E-state index in [1.807, 2.05) is 30.9 Å². The van der Waals surface area contributed by atoms with Crippen molar-refractivity contribution in [1.82, 2.24) is 24.5 Å². The first-order valence-electron chi connectivity index (χ1n) is 24.2. The van der Waals surface area contributed by atoms with Gasteiger partial charge in [-0.3, -0.25) is 19.9 Å². The van der Waals surface area contributed by atoms with Crippen molar-refractivity contribution in [3.05, 3.63) is 263 Å². The van der Waals surface area contributed by atoms with E-state index in [9.17, 15) is 0 Å². The molecular formula is C64H36N6O. The molecule has 1 unspecified atom stereocenters. The van der Waals surface area contributed by atoms with Crippen molar-refractivity contribution in [2.75, 3.05) is 4.90 Å². The summed E-state index contributed by atoms with van der Waals surface area (Å²) in [4.78, 5) is 23.4. The van der Waals surface area contributed by atoms with E-state index in [4.69, 9.17) is 24.4 Å². The molecule has 17 rings (SSSR count). The first-order valence-corrected chi connectivity index (χ1v) is 24.2. The monoisotopic (exact) mass is 904 g/mol. The van der Waals surface area contributed by atoms with Crippen LogP contribution >= 0.6 is 0 Å². The molecule has 3 aliphatic carbocycles. The molecule has 328 valence electrons. The Morgan fingerprint density at radius 2 is 0.972 bits per heavy atom. The Labute approximate surface area is 406 Å². The molecule has 0 bridgehead atoms. The van der Waals surface area contributed by atoms with Crippen molar-refractivity contribution in [3.8, 4) is 39.6 Å². The average molecular weight is 905 g/mol. The highest BCUT2D eigenvalue weighted by Crippen LogP contribution is 2.68. The predicted octanol–water partition coefficient (Wildman–Crippen LogP) is 14.8. The quantitative estimate of drug-likeness (QED) is 0.172. The van der Waals surface area contributed by atoms with Gasteiger partial charge in [0.1, 0.15) is 5.58 Å². The fourth-order valence-electron chi connectivity index (χ4n) is 13.6. The zero-order chi connectivity index (χ0) is 46.2. The standard InChI is InChI=1S/C64H36N6O/c1-2-15-37(16-3-1)69-54-26-10-8-21-46(54)64(51-34-44-39-17-4-7-20-45(39)63(50(44)35-55(51)69)47-22-12-30-65-57(47)58-48(63)23-13-31-66-58)49-24-14-32-67-59(49)60-52(64)33-38(36-68-60)70-53-25-9-5-18-40(53)42-28-29-43-41-19-6-11-27-56(41)71-62(43)61(42)70/h1-36H. The molecule has 1 aliphatic heterocycles. The summed E-state index contributed by atoms with van der Waals surface area (Å²) in [6, 6.07) is 70.7. The zero-order valence-electron chi connectivity index (χ0n) is 37.9. The summed E-state index contributed by atoms with van der Waals surface area (Å²) in [5, 5.41) is 4.46. The number of hydrogen-bond acceptors (Lipinski definition) is 6. The summed E-state index contributed by atoms with van der Waals surface area (Å²) in [5.74, 6) is 0. The van der Waals surface area contributed by atoms with Crippen molar-refractivity contribution in [2.45, 2.75) is 10.8 Å². The Kier molecular flexibility index (Phi) is 6.97. The highest BCUT2D eigenvalue weighted by Gasteiger charge is 2.57. The molecule has 7 nitrogen and oxygen atoms in total. The normalized spacial score (nSPS) is 16.0. The molecule has 4 aliphatic rings. The van der Waals surface area contributed by atoms with Gasteiger partial charge >= 0.3 is 0 Å². The molecule has 0 saturated heterocycles. The van der Waals surface area contributed by atoms with Crippen LogP contribution in [0.15, 0.2) is 223 Å². The minimum atomic E-state index is -0.846. The van der Waals surface area contributed by atoms with Crippen LogP contribution in [0.2, 0.25) is 0 Å². The van der Waals surface area contributed by atoms with Crippen LogP contribution in [0.3, 0.4) is 0 Å². The Morgan fingerprint density at radius 1 is 0.366 bits per heavy atom. The number of benzene rings is 7. The lowest BCUT2D eigenvalue weighted by atomic mass is 9.63. The average Bonchev–Trinajstić information content (AvgIpc) is 4.22. The van der Waals surface area contributed by atoms with Crippen LogP contribution in [0.25, 0.3) is 83.3 Å². The van der Waals surface area contributed by atoms with E-state index in [1.165, 1.54) is 22.3 Å². The molecule has 6 aromatic heterocycles. The molecule has 7 aromatic carbocycles. The first kappa shape index (κ1) is 37.5. The topological polar surface area (TPSA) is 72.9 Å². The van der Waals surface area contributed by atoms with E-state index in [0.717, 1.165) is 123 Å². The highest BCUT2D eigenvalue weighted by atomic mass is 16.3. The van der Waals surface area contributed by atoms with E-state index in [1.54, 1.807) is 0 Å². The van der Waals surface area contributed by atoms with Gasteiger partial charge in [-0.2, -0.15) is 0 Å². The van der Waals surface area contributed by atoms with Gasteiger partial charge in [-0.15, -0.1) is 0 Å². The number of para-hydroxylation sites is 4. The van der Waals surface area contributed by atoms with Crippen LogP contribution in [0.5, 0.6) is 0 Å². The predicted molar refractivity (Wildman–Crippen MR) is 281 cm³/mol. The van der Waals surface area contributed by atoms with E-state index < -0.39 is 10.8 Å². The number of hydrogen-bond donors (Lipinski definition) is 0. The summed E-state index contributed by atoms with van der Waals surface area (Å²) >= 11 is 0. The minimum absolute atomic E-state index is 0.652. The Morgan fingerprint density at radius 3 is 1.75 bits per heavy atom. The van der Waals surface area contributed by atoms with Gasteiger partial charge in [-0.05, 0) is 123 Å². The Balaban J connectivity index is 1.02. The molecule has 7 heterocycles. The second-order valence-corrected chi connectivity index (χ2v) is 19.2. The van der Waals surface area contributed by atoms with E-state index in [0.29, 0.717) is 0 Å². The molecule has 0 N–H and O–H groups in total. The van der Waals surface area contributed by atoms with Gasteiger partial charge in [0, 0.05) is 51.4 Å². The third-order valence-corrected chi connectivity index (χ3v) is 16.2. The summed E-state index contributed by atoms with van der Waals surface area (Å²) in [7, 11) is 0. The second kappa shape index (κ2) is 13.2. The van der Waals surface area contributed by atoms with Gasteiger partial charge in [0.15, 0.2) is 5.58 Å². The van der Waals surface area contributed by atoms with Crippen LogP contribution in [0.4, 0.5) is 17.1 Å². The summed E-state index contributed by atoms with van der Waals surface area (Å²) in [5.41, 5.74) is 21.8. The number of rotatable bonds is 2. The van der Waals surface area contributed by atoms with Crippen molar-refractivity contribution < 1.29 is 4.42 Å². The number of anilines is 3. The SMILES string of the molecule is c1ccc(N2c3ccccc3C3(c4cc5c(cc42)C2(c4ccccc4-5)c4cccnc4-c4ncccc42)c2cccnc2-c2ncc(-n4c5ccccc5c5ccc6c7ccccc7oc6c54)cc23)cc1. The lowest BCUT2D eigenvalue weighted by Gasteiger charge is -2.45. The Bertz CT molecular complexity index is 4460. The van der Waals surface area contributed by atoms with E-state index in [2.05, 4.69) is 198 Å². The fourth-order valence-corrected chi connectivity index (χ4v) is 13.6. The van der Waals surface area contributed by atoms with E-state index >= 15 is 0 Å². The third-order valence-electron chi connectivity index (χ3n) is 16.2. The summed E-state index contributed by atoms with van der Waals surface area (Å²) < 4.78 is 9.22. The number of nitrogens with zero attached hydrogens (tertiary/aromatic N) is 6. The van der Waals surface area contributed by atoms with Crippen molar-refractivity contribution in [1.29, 1.82) is 0 Å². The lowest BCUT2D eigenvalue weighted by Crippen LogP contribution is -2.37. The maximum absolute atomic E-state index is 6.85. The number of aromatic nitrogens is 5. The molecule has 0 amide bonds. The molecule has 0 fully saturated rings. The maximum Gasteiger partial charge on any atom is 0.160 e. The molecule has 0 saturated carbocycles. The van der Waals surface area contributed by atoms with Gasteiger partial charge in [-0.25, -0.2) is 0 Å². The van der Waals surface area contributed by atoms with Gasteiger partial charge in [0.25, 0.3) is 0 Å². The van der Waals surface area contributed by atoms with Crippen molar-refractivity contribution >= 4 is 60.8 Å². The molecular weight excluding hydrogens is 869 g/mol. The third kappa shape index (κ3) is 4.38. The number of pyridine rings is 4. The molecule has 7 heteroatoms. The van der Waals surface area contributed by atoms with Crippen LogP contribution < -0.4 is 4.90 Å². The Hall–Kier alpha value is -9.46. The summed E-state index contributed by atoms with van der Waals surface area (Å²) in [6.07, 6.45) is 7.74. The van der Waals surface area contributed by atoms with Gasteiger partial charge in [0.05, 0.1) is 67.9 Å². The van der Waals surface area contributed by atoms with Crippen LogP contribution in [-0.4, -0.2) is 24.5 Å². The second-order valence-electron chi connectivity index (χ2n) is 19.2. The molecule has 2 spiro atoms. The van der Waals surface area contributed by atoms with Crippen molar-refractivity contribution in [2.24, 2.45) is 0 Å². The zero-order valence-corrected chi connectivity index (χ0v) is 37.9. The molecule has 0 radical (unpaired) electrons. The number of fused-ring (bicyclic) bond motifs is 26. The van der Waals surface area contributed by atoms with E-state index in [-0.39, 0.29) is 0 Å². The minimum Gasteiger partial charge on any atom is -0.454 e. The maximum atomic E-state index is 6.85. The first-order chi connectivity index (χ1) is 35.2. The molecule has 1 atom stereocenters. The number of furan rings is 1. The summed E-state index contributed by atoms with van der Waals surface area (Å²) in [6.45, 7) is 0. The smallest absolute Gasteiger partial charge is 0.160 e. The van der Waals surface area contributed by atoms with Crippen LogP contribution in [0.1, 0.15) is 44.5 Å². The van der Waals surface area contributed by atoms with Crippen LogP contribution in [0, 0.1) is 0 Å². The highest BCUT2D eigenvalue weighted by molar-refractivity contribution is 6.21. The van der Waals surface area contributed by atoms with Gasteiger partial charge in [-0.1, -0.05) is 121 Å². The largest absolute Gasteiger partial charge is 0.454 e. The lowest BCUT2D eigenvalue weighted by molar-refractivity contribution is 0.671. The fraction of sp³-hybridized carbons (Fsp3) is 0.0312. The molecule has 13 aromatic rings. The van der Waals surface area contributed by atoms with Gasteiger partial charge in [0.2, 0.25) is 0 Å². The van der Waals surface area contributed by atoms with Crippen LogP contribution in [-0.2, 0) is 10.8 Å².